The van der Waals surface area contributed by atoms with Crippen molar-refractivity contribution in [1.82, 2.24) is 0 Å². The lowest BCUT2D eigenvalue weighted by molar-refractivity contribution is 0.0764. The van der Waals surface area contributed by atoms with E-state index >= 15 is 0 Å². The molecule has 0 unspecified atom stereocenters. The standard InChI is InChI=1S/C22H26N2O3/c1-3-9-21-19(7-1)17-23-11-5-6-12-24-18-20-8-2-4-10-22(20)27-16-14-25-13-15-26-21/h1-4,7-10,17-18H,5-6,11-16H2. The van der Waals surface area contributed by atoms with E-state index in [-0.39, 0.29) is 0 Å². The first-order valence-electron chi connectivity index (χ1n) is 9.44. The Morgan fingerprint density at radius 2 is 1.07 bits per heavy atom. The predicted molar refractivity (Wildman–Crippen MR) is 109 cm³/mol. The van der Waals surface area contributed by atoms with Crippen LogP contribution in [0.4, 0.5) is 0 Å². The zero-order valence-corrected chi connectivity index (χ0v) is 15.5. The van der Waals surface area contributed by atoms with Crippen molar-refractivity contribution in [2.24, 2.45) is 9.98 Å². The molecular weight excluding hydrogens is 340 g/mol. The monoisotopic (exact) mass is 366 g/mol. The van der Waals surface area contributed by atoms with Crippen LogP contribution in [-0.4, -0.2) is 51.9 Å². The first-order chi connectivity index (χ1) is 13.4. The van der Waals surface area contributed by atoms with E-state index in [0.29, 0.717) is 26.4 Å². The Kier molecular flexibility index (Phi) is 7.88. The molecule has 0 radical (unpaired) electrons. The zero-order chi connectivity index (χ0) is 18.6. The first-order valence-corrected chi connectivity index (χ1v) is 9.44. The molecule has 1 aliphatic rings. The van der Waals surface area contributed by atoms with Gasteiger partial charge in [-0.2, -0.15) is 0 Å². The number of rotatable bonds is 0. The van der Waals surface area contributed by atoms with Gasteiger partial charge in [-0.05, 0) is 37.1 Å². The zero-order valence-electron chi connectivity index (χ0n) is 15.5. The Morgan fingerprint density at radius 3 is 1.59 bits per heavy atom. The van der Waals surface area contributed by atoms with Gasteiger partial charge in [-0.15, -0.1) is 0 Å². The van der Waals surface area contributed by atoms with Gasteiger partial charge in [-0.25, -0.2) is 0 Å². The molecule has 27 heavy (non-hydrogen) atoms. The minimum absolute atomic E-state index is 0.494. The van der Waals surface area contributed by atoms with Gasteiger partial charge < -0.3 is 14.2 Å². The molecule has 0 bridgehead atoms. The molecule has 1 aliphatic heterocycles. The number of aliphatic imine (C=N–C) groups is 2. The van der Waals surface area contributed by atoms with E-state index in [1.807, 2.05) is 61.0 Å². The van der Waals surface area contributed by atoms with Crippen molar-refractivity contribution >= 4 is 12.4 Å². The lowest BCUT2D eigenvalue weighted by Gasteiger charge is -2.11. The van der Waals surface area contributed by atoms with E-state index in [9.17, 15) is 0 Å². The fourth-order valence-electron chi connectivity index (χ4n) is 2.69. The van der Waals surface area contributed by atoms with Gasteiger partial charge in [-0.3, -0.25) is 9.98 Å². The van der Waals surface area contributed by atoms with Crippen molar-refractivity contribution in [3.05, 3.63) is 59.7 Å². The SMILES string of the molecule is C1=NCCCCN=Cc2ccccc2OCCOCCOc2ccccc21. The first kappa shape index (κ1) is 19.1. The van der Waals surface area contributed by atoms with E-state index in [0.717, 1.165) is 48.6 Å². The molecule has 0 saturated heterocycles. The van der Waals surface area contributed by atoms with Gasteiger partial charge in [0.05, 0.1) is 13.2 Å². The van der Waals surface area contributed by atoms with Crippen molar-refractivity contribution in [3.8, 4) is 11.5 Å². The summed E-state index contributed by atoms with van der Waals surface area (Å²) in [4.78, 5) is 9.04. The van der Waals surface area contributed by atoms with Crippen LogP contribution in [0.3, 0.4) is 0 Å². The van der Waals surface area contributed by atoms with Crippen molar-refractivity contribution in [2.45, 2.75) is 12.8 Å². The van der Waals surface area contributed by atoms with Gasteiger partial charge in [-0.1, -0.05) is 24.3 Å². The highest BCUT2D eigenvalue weighted by molar-refractivity contribution is 5.84. The quantitative estimate of drug-likeness (QED) is 0.713. The van der Waals surface area contributed by atoms with Crippen molar-refractivity contribution in [1.29, 1.82) is 0 Å². The molecule has 0 saturated carbocycles. The van der Waals surface area contributed by atoms with Gasteiger partial charge in [0.15, 0.2) is 0 Å². The maximum atomic E-state index is 5.83. The van der Waals surface area contributed by atoms with E-state index in [2.05, 4.69) is 9.98 Å². The van der Waals surface area contributed by atoms with Gasteiger partial charge in [0.25, 0.3) is 0 Å². The Hall–Kier alpha value is -2.66. The minimum atomic E-state index is 0.494. The third kappa shape index (κ3) is 6.53. The molecule has 142 valence electrons. The van der Waals surface area contributed by atoms with E-state index < -0.39 is 0 Å². The molecule has 5 heteroatoms. The molecule has 0 aliphatic carbocycles. The summed E-state index contributed by atoms with van der Waals surface area (Å²) in [6.07, 6.45) is 5.78. The summed E-state index contributed by atoms with van der Waals surface area (Å²) in [6, 6.07) is 15.8. The summed E-state index contributed by atoms with van der Waals surface area (Å²) >= 11 is 0. The van der Waals surface area contributed by atoms with Crippen LogP contribution in [0.15, 0.2) is 58.5 Å². The van der Waals surface area contributed by atoms with Gasteiger partial charge in [0, 0.05) is 36.6 Å². The third-order valence-corrected chi connectivity index (χ3v) is 4.09. The van der Waals surface area contributed by atoms with Gasteiger partial charge in [0.1, 0.15) is 24.7 Å². The summed E-state index contributed by atoms with van der Waals surface area (Å²) in [5.74, 6) is 1.66. The van der Waals surface area contributed by atoms with E-state index in [1.165, 1.54) is 0 Å². The largest absolute Gasteiger partial charge is 0.491 e. The topological polar surface area (TPSA) is 52.4 Å². The van der Waals surface area contributed by atoms with Crippen LogP contribution >= 0.6 is 0 Å². The number of hydrogen-bond donors (Lipinski definition) is 0. The molecule has 3 rings (SSSR count). The number of nitrogens with zero attached hydrogens (tertiary/aromatic N) is 2. The van der Waals surface area contributed by atoms with E-state index in [1.54, 1.807) is 0 Å². The van der Waals surface area contributed by atoms with Crippen molar-refractivity contribution < 1.29 is 14.2 Å². The lowest BCUT2D eigenvalue weighted by Crippen LogP contribution is -2.13. The second kappa shape index (κ2) is 11.1. The van der Waals surface area contributed by atoms with Crippen molar-refractivity contribution in [2.75, 3.05) is 39.5 Å². The average molecular weight is 366 g/mol. The molecule has 0 amide bonds. The highest BCUT2D eigenvalue weighted by atomic mass is 16.5. The van der Waals surface area contributed by atoms with E-state index in [4.69, 9.17) is 14.2 Å². The number of para-hydroxylation sites is 2. The minimum Gasteiger partial charge on any atom is -0.491 e. The summed E-state index contributed by atoms with van der Waals surface area (Å²) in [5.41, 5.74) is 1.99. The second-order valence-corrected chi connectivity index (χ2v) is 6.16. The molecule has 0 N–H and O–H groups in total. The van der Waals surface area contributed by atoms with Crippen LogP contribution in [0, 0.1) is 0 Å². The van der Waals surface area contributed by atoms with Crippen LogP contribution < -0.4 is 9.47 Å². The summed E-state index contributed by atoms with van der Waals surface area (Å²) in [5, 5.41) is 0. The van der Waals surface area contributed by atoms with Crippen LogP contribution in [0.2, 0.25) is 0 Å². The molecule has 0 spiro atoms. The molecular formula is C22H26N2O3. The maximum Gasteiger partial charge on any atom is 0.128 e. The molecule has 0 fully saturated rings. The molecule has 1 heterocycles. The van der Waals surface area contributed by atoms with Crippen LogP contribution in [0.1, 0.15) is 24.0 Å². The van der Waals surface area contributed by atoms with Crippen molar-refractivity contribution in [3.63, 3.8) is 0 Å². The molecule has 2 aromatic carbocycles. The number of hydrogen-bond acceptors (Lipinski definition) is 5. The highest BCUT2D eigenvalue weighted by Crippen LogP contribution is 2.17. The molecule has 2 aromatic rings. The molecule has 0 atom stereocenters. The Balaban J connectivity index is 1.62. The third-order valence-electron chi connectivity index (χ3n) is 4.09. The van der Waals surface area contributed by atoms with Crippen LogP contribution in [-0.2, 0) is 4.74 Å². The highest BCUT2D eigenvalue weighted by Gasteiger charge is 2.02. The van der Waals surface area contributed by atoms with Gasteiger partial charge >= 0.3 is 0 Å². The predicted octanol–water partition coefficient (Wildman–Crippen LogP) is 3.79. The van der Waals surface area contributed by atoms with Crippen LogP contribution in [0.25, 0.3) is 0 Å². The lowest BCUT2D eigenvalue weighted by atomic mass is 10.2. The number of ether oxygens (including phenoxy) is 3. The fourth-order valence-corrected chi connectivity index (χ4v) is 2.69. The number of fused-ring (bicyclic) bond motifs is 2. The summed E-state index contributed by atoms with van der Waals surface area (Å²) < 4.78 is 17.3. The Labute approximate surface area is 160 Å². The second-order valence-electron chi connectivity index (χ2n) is 6.16. The maximum absolute atomic E-state index is 5.83. The smallest absolute Gasteiger partial charge is 0.128 e. The Bertz CT molecular complexity index is 695. The Morgan fingerprint density at radius 1 is 0.593 bits per heavy atom. The van der Waals surface area contributed by atoms with Gasteiger partial charge in [0.2, 0.25) is 0 Å². The normalized spacial score (nSPS) is 16.6. The average Bonchev–Trinajstić information content (AvgIpc) is 2.70. The fraction of sp³-hybridized carbons (Fsp3) is 0.364. The molecule has 5 nitrogen and oxygen atoms in total. The summed E-state index contributed by atoms with van der Waals surface area (Å²) in [7, 11) is 0. The van der Waals surface area contributed by atoms with Crippen LogP contribution in [0.5, 0.6) is 11.5 Å². The molecule has 0 aromatic heterocycles. The number of benzene rings is 2. The summed E-state index contributed by atoms with van der Waals surface area (Å²) in [6.45, 7) is 3.58.